The largest absolute Gasteiger partial charge is 0.369 e. The minimum Gasteiger partial charge on any atom is -0.369 e. The minimum absolute atomic E-state index is 0.231. The Bertz CT molecular complexity index is 620. The molecule has 0 aromatic heterocycles. The van der Waals surface area contributed by atoms with Gasteiger partial charge < -0.3 is 20.4 Å². The fourth-order valence-corrected chi connectivity index (χ4v) is 3.01. The Balaban J connectivity index is 1.89. The zero-order valence-corrected chi connectivity index (χ0v) is 17.2. The number of likely N-dealkylation sites (N-methyl/N-ethyl adjacent to an activating group) is 1. The topological polar surface area (TPSA) is 64.7 Å². The van der Waals surface area contributed by atoms with Gasteiger partial charge in [0.2, 0.25) is 11.8 Å². The van der Waals surface area contributed by atoms with E-state index in [2.05, 4.69) is 34.4 Å². The molecule has 6 heteroatoms. The van der Waals surface area contributed by atoms with E-state index in [9.17, 15) is 9.59 Å². The molecule has 0 aliphatic carbocycles. The summed E-state index contributed by atoms with van der Waals surface area (Å²) in [4.78, 5) is 29.6. The normalized spacial score (nSPS) is 15.5. The van der Waals surface area contributed by atoms with Crippen LogP contribution in [-0.4, -0.2) is 56.5 Å². The quantitative estimate of drug-likeness (QED) is 0.542. The Hall–Kier alpha value is -2.08. The van der Waals surface area contributed by atoms with Crippen LogP contribution in [-0.2, 0) is 9.59 Å². The van der Waals surface area contributed by atoms with Gasteiger partial charge in [0.1, 0.15) is 5.41 Å². The van der Waals surface area contributed by atoms with E-state index in [1.165, 1.54) is 0 Å². The first kappa shape index (κ1) is 21.2. The Morgan fingerprint density at radius 1 is 1.00 bits per heavy atom. The van der Waals surface area contributed by atoms with Gasteiger partial charge >= 0.3 is 0 Å². The number of amides is 2. The SMILES string of the molecule is CCCCCNC(=O)C(C)(C)C(=O)Nc1ccc(N2CCN(C)CC2)cc1. The zero-order chi connectivity index (χ0) is 19.9. The van der Waals surface area contributed by atoms with Crippen LogP contribution in [0.1, 0.15) is 40.0 Å². The van der Waals surface area contributed by atoms with E-state index in [1.807, 2.05) is 24.3 Å². The van der Waals surface area contributed by atoms with Gasteiger partial charge in [0.25, 0.3) is 0 Å². The first-order valence-electron chi connectivity index (χ1n) is 9.98. The average Bonchev–Trinajstić information content (AvgIpc) is 2.66. The number of hydrogen-bond acceptors (Lipinski definition) is 4. The van der Waals surface area contributed by atoms with Gasteiger partial charge in [-0.3, -0.25) is 9.59 Å². The van der Waals surface area contributed by atoms with Crippen molar-refractivity contribution in [1.82, 2.24) is 10.2 Å². The maximum atomic E-state index is 12.6. The molecule has 0 saturated carbocycles. The zero-order valence-electron chi connectivity index (χ0n) is 17.2. The molecule has 2 N–H and O–H groups in total. The van der Waals surface area contributed by atoms with Crippen LogP contribution in [0.4, 0.5) is 11.4 Å². The number of nitrogens with one attached hydrogen (secondary N) is 2. The summed E-state index contributed by atoms with van der Waals surface area (Å²) in [6, 6.07) is 7.86. The predicted molar refractivity (Wildman–Crippen MR) is 111 cm³/mol. The second kappa shape index (κ2) is 9.74. The standard InChI is InChI=1S/C21H34N4O2/c1-5-6-7-12-22-19(26)21(2,3)20(27)23-17-8-10-18(11-9-17)25-15-13-24(4)14-16-25/h8-11H,5-7,12-16H2,1-4H3,(H,22,26)(H,23,27). The van der Waals surface area contributed by atoms with Gasteiger partial charge in [0.05, 0.1) is 0 Å². The van der Waals surface area contributed by atoms with Gasteiger partial charge in [0.15, 0.2) is 0 Å². The van der Waals surface area contributed by atoms with Crippen LogP contribution in [0.15, 0.2) is 24.3 Å². The number of rotatable bonds is 8. The van der Waals surface area contributed by atoms with Crippen molar-refractivity contribution in [2.75, 3.05) is 50.0 Å². The smallest absolute Gasteiger partial charge is 0.239 e. The molecule has 1 saturated heterocycles. The maximum absolute atomic E-state index is 12.6. The maximum Gasteiger partial charge on any atom is 0.239 e. The van der Waals surface area contributed by atoms with E-state index < -0.39 is 5.41 Å². The van der Waals surface area contributed by atoms with Crippen molar-refractivity contribution in [3.05, 3.63) is 24.3 Å². The third kappa shape index (κ3) is 5.96. The molecular weight excluding hydrogens is 340 g/mol. The predicted octanol–water partition coefficient (Wildman–Crippen LogP) is 2.71. The van der Waals surface area contributed by atoms with Gasteiger partial charge in [-0.1, -0.05) is 19.8 Å². The molecule has 2 rings (SSSR count). The van der Waals surface area contributed by atoms with Crippen LogP contribution in [0.2, 0.25) is 0 Å². The highest BCUT2D eigenvalue weighted by molar-refractivity contribution is 6.09. The Morgan fingerprint density at radius 3 is 2.22 bits per heavy atom. The number of unbranched alkanes of at least 4 members (excludes halogenated alkanes) is 2. The van der Waals surface area contributed by atoms with Crippen molar-refractivity contribution < 1.29 is 9.59 Å². The molecule has 1 aliphatic heterocycles. The van der Waals surface area contributed by atoms with E-state index in [4.69, 9.17) is 0 Å². The lowest BCUT2D eigenvalue weighted by Crippen LogP contribution is -2.45. The molecule has 0 unspecified atom stereocenters. The molecule has 1 aliphatic rings. The second-order valence-electron chi connectivity index (χ2n) is 7.88. The highest BCUT2D eigenvalue weighted by Gasteiger charge is 2.35. The van der Waals surface area contributed by atoms with Crippen molar-refractivity contribution in [2.24, 2.45) is 5.41 Å². The van der Waals surface area contributed by atoms with Crippen LogP contribution in [0.25, 0.3) is 0 Å². The van der Waals surface area contributed by atoms with Crippen molar-refractivity contribution >= 4 is 23.2 Å². The number of carbonyl (C=O) groups is 2. The number of anilines is 2. The molecule has 0 atom stereocenters. The summed E-state index contributed by atoms with van der Waals surface area (Å²) in [5, 5.41) is 5.75. The fraction of sp³-hybridized carbons (Fsp3) is 0.619. The third-order valence-corrected chi connectivity index (χ3v) is 5.19. The first-order chi connectivity index (χ1) is 12.8. The van der Waals surface area contributed by atoms with Crippen molar-refractivity contribution in [2.45, 2.75) is 40.0 Å². The van der Waals surface area contributed by atoms with Gasteiger partial charge in [-0.05, 0) is 51.6 Å². The van der Waals surface area contributed by atoms with Crippen LogP contribution >= 0.6 is 0 Å². The minimum atomic E-state index is -1.11. The number of carbonyl (C=O) groups excluding carboxylic acids is 2. The molecule has 0 bridgehead atoms. The lowest BCUT2D eigenvalue weighted by molar-refractivity contribution is -0.138. The summed E-state index contributed by atoms with van der Waals surface area (Å²) in [6.45, 7) is 10.2. The van der Waals surface area contributed by atoms with Crippen LogP contribution in [0, 0.1) is 5.41 Å². The highest BCUT2D eigenvalue weighted by Crippen LogP contribution is 2.22. The van der Waals surface area contributed by atoms with E-state index >= 15 is 0 Å². The molecule has 27 heavy (non-hydrogen) atoms. The highest BCUT2D eigenvalue weighted by atomic mass is 16.2. The van der Waals surface area contributed by atoms with Gasteiger partial charge in [-0.15, -0.1) is 0 Å². The number of piperazine rings is 1. The van der Waals surface area contributed by atoms with E-state index in [0.717, 1.165) is 51.1 Å². The summed E-state index contributed by atoms with van der Waals surface area (Å²) in [6.07, 6.45) is 3.12. The molecular formula is C21H34N4O2. The summed E-state index contributed by atoms with van der Waals surface area (Å²) >= 11 is 0. The summed E-state index contributed by atoms with van der Waals surface area (Å²) < 4.78 is 0. The number of hydrogen-bond donors (Lipinski definition) is 2. The van der Waals surface area contributed by atoms with Gasteiger partial charge in [-0.25, -0.2) is 0 Å². The molecule has 0 radical (unpaired) electrons. The summed E-state index contributed by atoms with van der Waals surface area (Å²) in [5.74, 6) is -0.520. The van der Waals surface area contributed by atoms with Crippen molar-refractivity contribution in [3.63, 3.8) is 0 Å². The Kier molecular flexibility index (Phi) is 7.66. The van der Waals surface area contributed by atoms with E-state index in [-0.39, 0.29) is 11.8 Å². The monoisotopic (exact) mass is 374 g/mol. The molecule has 0 spiro atoms. The lowest BCUT2D eigenvalue weighted by atomic mass is 9.91. The first-order valence-corrected chi connectivity index (χ1v) is 9.98. The Labute approximate surface area is 163 Å². The second-order valence-corrected chi connectivity index (χ2v) is 7.88. The fourth-order valence-electron chi connectivity index (χ4n) is 3.01. The van der Waals surface area contributed by atoms with Gasteiger partial charge in [-0.2, -0.15) is 0 Å². The lowest BCUT2D eigenvalue weighted by Gasteiger charge is -2.34. The summed E-state index contributed by atoms with van der Waals surface area (Å²) in [7, 11) is 2.14. The summed E-state index contributed by atoms with van der Waals surface area (Å²) in [5.41, 5.74) is 0.765. The molecule has 1 aromatic carbocycles. The number of nitrogens with zero attached hydrogens (tertiary/aromatic N) is 2. The third-order valence-electron chi connectivity index (χ3n) is 5.19. The molecule has 6 nitrogen and oxygen atoms in total. The molecule has 1 aromatic rings. The van der Waals surface area contributed by atoms with E-state index in [0.29, 0.717) is 12.2 Å². The van der Waals surface area contributed by atoms with Crippen LogP contribution in [0.3, 0.4) is 0 Å². The molecule has 1 heterocycles. The molecule has 150 valence electrons. The van der Waals surface area contributed by atoms with Gasteiger partial charge in [0, 0.05) is 44.1 Å². The van der Waals surface area contributed by atoms with Crippen molar-refractivity contribution in [3.8, 4) is 0 Å². The average molecular weight is 375 g/mol. The van der Waals surface area contributed by atoms with Crippen LogP contribution in [0.5, 0.6) is 0 Å². The van der Waals surface area contributed by atoms with E-state index in [1.54, 1.807) is 13.8 Å². The van der Waals surface area contributed by atoms with Crippen LogP contribution < -0.4 is 15.5 Å². The number of benzene rings is 1. The Morgan fingerprint density at radius 2 is 1.63 bits per heavy atom. The van der Waals surface area contributed by atoms with Crippen molar-refractivity contribution in [1.29, 1.82) is 0 Å². The molecule has 2 amide bonds. The molecule has 1 fully saturated rings.